The normalized spacial score (nSPS) is 13.0. The third-order valence-corrected chi connectivity index (χ3v) is 4.40. The molecule has 0 aliphatic heterocycles. The van der Waals surface area contributed by atoms with Crippen molar-refractivity contribution in [2.45, 2.75) is 33.4 Å². The molecule has 3 aromatic heterocycles. The topological polar surface area (TPSA) is 51.7 Å². The minimum Gasteiger partial charge on any atom is -0.480 e. The molecule has 3 rings (SSSR count). The summed E-state index contributed by atoms with van der Waals surface area (Å²) in [6.07, 6.45) is 2.02. The van der Waals surface area contributed by atoms with Gasteiger partial charge < -0.3 is 14.5 Å². The zero-order valence-corrected chi connectivity index (χ0v) is 13.5. The number of ether oxygens (including phenoxy) is 1. The molecular formula is C15H19N3O2S. The molecule has 0 amide bonds. The van der Waals surface area contributed by atoms with Crippen LogP contribution in [0.3, 0.4) is 0 Å². The van der Waals surface area contributed by atoms with Crippen LogP contribution in [-0.2, 0) is 6.54 Å². The highest BCUT2D eigenvalue weighted by Crippen LogP contribution is 2.25. The van der Waals surface area contributed by atoms with Crippen LogP contribution in [0.15, 0.2) is 22.1 Å². The molecule has 0 aromatic carbocycles. The molecule has 3 aromatic rings. The fraction of sp³-hybridized carbons (Fsp3) is 0.400. The molecule has 0 aliphatic carbocycles. The number of aryl methyl sites for hydroxylation is 2. The number of aromatic nitrogens is 2. The molecule has 0 bridgehead atoms. The minimum absolute atomic E-state index is 0.205. The van der Waals surface area contributed by atoms with Gasteiger partial charge in [-0.15, -0.1) is 11.3 Å². The molecule has 1 N–H and O–H groups in total. The van der Waals surface area contributed by atoms with Gasteiger partial charge in [-0.25, -0.2) is 0 Å². The van der Waals surface area contributed by atoms with Crippen LogP contribution in [0, 0.1) is 13.8 Å². The molecule has 3 heterocycles. The van der Waals surface area contributed by atoms with Crippen LogP contribution in [0.4, 0.5) is 0 Å². The second-order valence-corrected chi connectivity index (χ2v) is 5.97. The third-order valence-electron chi connectivity index (χ3n) is 3.64. The molecule has 6 heteroatoms. The number of imidazole rings is 1. The first kappa shape index (κ1) is 14.2. The first-order valence-electron chi connectivity index (χ1n) is 6.89. The summed E-state index contributed by atoms with van der Waals surface area (Å²) in [5, 5.41) is 5.54. The Morgan fingerprint density at radius 3 is 2.95 bits per heavy atom. The number of hydrogen-bond acceptors (Lipinski definition) is 5. The van der Waals surface area contributed by atoms with E-state index in [1.165, 1.54) is 5.56 Å². The third kappa shape index (κ3) is 2.56. The fourth-order valence-electron chi connectivity index (χ4n) is 2.58. The summed E-state index contributed by atoms with van der Waals surface area (Å²) in [6.45, 7) is 6.79. The number of nitrogens with zero attached hydrogens (tertiary/aromatic N) is 2. The molecule has 1 atom stereocenters. The van der Waals surface area contributed by atoms with E-state index in [0.717, 1.165) is 22.2 Å². The maximum absolute atomic E-state index is 5.59. The van der Waals surface area contributed by atoms with Gasteiger partial charge in [0, 0.05) is 29.7 Å². The van der Waals surface area contributed by atoms with Gasteiger partial charge in [0.2, 0.25) is 5.88 Å². The summed E-state index contributed by atoms with van der Waals surface area (Å²) < 4.78 is 13.0. The van der Waals surface area contributed by atoms with Gasteiger partial charge in [-0.3, -0.25) is 4.40 Å². The predicted molar refractivity (Wildman–Crippen MR) is 83.1 cm³/mol. The zero-order chi connectivity index (χ0) is 15.0. The van der Waals surface area contributed by atoms with Crippen LogP contribution in [0.25, 0.3) is 4.96 Å². The lowest BCUT2D eigenvalue weighted by Gasteiger charge is -2.13. The van der Waals surface area contributed by atoms with Gasteiger partial charge >= 0.3 is 0 Å². The molecule has 5 nitrogen and oxygen atoms in total. The van der Waals surface area contributed by atoms with Crippen LogP contribution in [0.1, 0.15) is 35.7 Å². The van der Waals surface area contributed by atoms with Gasteiger partial charge in [-0.05, 0) is 26.8 Å². The summed E-state index contributed by atoms with van der Waals surface area (Å²) >= 11 is 1.60. The summed E-state index contributed by atoms with van der Waals surface area (Å²) in [7, 11) is 1.66. The molecule has 0 fully saturated rings. The Morgan fingerprint density at radius 1 is 1.48 bits per heavy atom. The molecule has 0 radical (unpaired) electrons. The number of hydrogen-bond donors (Lipinski definition) is 1. The average Bonchev–Trinajstić information content (AvgIpc) is 3.10. The molecule has 0 saturated carbocycles. The Hall–Kier alpha value is -1.79. The second kappa shape index (κ2) is 5.54. The van der Waals surface area contributed by atoms with Gasteiger partial charge in [-0.1, -0.05) is 0 Å². The minimum atomic E-state index is 0.205. The standard InChI is InChI=1S/C15H19N3O2S/c1-9-7-12(11(3)20-9)10(2)16-8-13-14(19-4)17-15-18(13)5-6-21-15/h5-7,10,16H,8H2,1-4H3. The van der Waals surface area contributed by atoms with Crippen molar-refractivity contribution in [3.63, 3.8) is 0 Å². The van der Waals surface area contributed by atoms with Crippen molar-refractivity contribution < 1.29 is 9.15 Å². The van der Waals surface area contributed by atoms with Crippen LogP contribution in [-0.4, -0.2) is 16.5 Å². The van der Waals surface area contributed by atoms with E-state index < -0.39 is 0 Å². The Bertz CT molecular complexity index is 756. The van der Waals surface area contributed by atoms with Crippen molar-refractivity contribution in [2.24, 2.45) is 0 Å². The van der Waals surface area contributed by atoms with E-state index in [9.17, 15) is 0 Å². The fourth-order valence-corrected chi connectivity index (χ4v) is 3.30. The van der Waals surface area contributed by atoms with E-state index in [4.69, 9.17) is 9.15 Å². The second-order valence-electron chi connectivity index (χ2n) is 5.09. The molecule has 0 spiro atoms. The largest absolute Gasteiger partial charge is 0.480 e. The van der Waals surface area contributed by atoms with Crippen molar-refractivity contribution >= 4 is 16.3 Å². The molecule has 112 valence electrons. The lowest BCUT2D eigenvalue weighted by Crippen LogP contribution is -2.19. The Balaban J connectivity index is 1.79. The van der Waals surface area contributed by atoms with Crippen molar-refractivity contribution in [1.82, 2.24) is 14.7 Å². The van der Waals surface area contributed by atoms with Crippen molar-refractivity contribution in [1.29, 1.82) is 0 Å². The van der Waals surface area contributed by atoms with Crippen molar-refractivity contribution in [3.05, 3.63) is 40.4 Å². The van der Waals surface area contributed by atoms with E-state index in [0.29, 0.717) is 12.4 Å². The van der Waals surface area contributed by atoms with Gasteiger partial charge in [-0.2, -0.15) is 4.98 Å². The molecular weight excluding hydrogens is 286 g/mol. The highest BCUT2D eigenvalue weighted by Gasteiger charge is 2.17. The molecule has 21 heavy (non-hydrogen) atoms. The maximum Gasteiger partial charge on any atom is 0.237 e. The summed E-state index contributed by atoms with van der Waals surface area (Å²) in [6, 6.07) is 2.29. The van der Waals surface area contributed by atoms with Crippen molar-refractivity contribution in [3.8, 4) is 5.88 Å². The lowest BCUT2D eigenvalue weighted by atomic mass is 10.1. The average molecular weight is 305 g/mol. The van der Waals surface area contributed by atoms with Crippen molar-refractivity contribution in [2.75, 3.05) is 7.11 Å². The molecule has 0 saturated heterocycles. The SMILES string of the molecule is COc1nc2sccn2c1CNC(C)c1cc(C)oc1C. The van der Waals surface area contributed by atoms with E-state index in [1.807, 2.05) is 25.4 Å². The van der Waals surface area contributed by atoms with E-state index >= 15 is 0 Å². The number of rotatable bonds is 5. The van der Waals surface area contributed by atoms with Gasteiger partial charge in [0.15, 0.2) is 4.96 Å². The summed E-state index contributed by atoms with van der Waals surface area (Å²) in [4.78, 5) is 5.41. The number of methoxy groups -OCH3 is 1. The summed E-state index contributed by atoms with van der Waals surface area (Å²) in [5.74, 6) is 2.59. The number of fused-ring (bicyclic) bond motifs is 1. The Labute approximate surface area is 127 Å². The highest BCUT2D eigenvalue weighted by molar-refractivity contribution is 7.15. The maximum atomic E-state index is 5.59. The number of furan rings is 1. The first-order valence-corrected chi connectivity index (χ1v) is 7.77. The lowest BCUT2D eigenvalue weighted by molar-refractivity contribution is 0.391. The molecule has 0 aliphatic rings. The van der Waals surface area contributed by atoms with Gasteiger partial charge in [0.25, 0.3) is 0 Å². The molecule has 1 unspecified atom stereocenters. The zero-order valence-electron chi connectivity index (χ0n) is 12.6. The van der Waals surface area contributed by atoms with Gasteiger partial charge in [0.05, 0.1) is 7.11 Å². The van der Waals surface area contributed by atoms with E-state index in [-0.39, 0.29) is 6.04 Å². The summed E-state index contributed by atoms with van der Waals surface area (Å²) in [5.41, 5.74) is 2.23. The van der Waals surface area contributed by atoms with E-state index in [1.54, 1.807) is 18.4 Å². The quantitative estimate of drug-likeness (QED) is 0.784. The highest BCUT2D eigenvalue weighted by atomic mass is 32.1. The van der Waals surface area contributed by atoms with Crippen LogP contribution in [0.5, 0.6) is 5.88 Å². The Morgan fingerprint density at radius 2 is 2.29 bits per heavy atom. The van der Waals surface area contributed by atoms with Crippen LogP contribution in [0.2, 0.25) is 0 Å². The number of thiazole rings is 1. The van der Waals surface area contributed by atoms with Gasteiger partial charge in [0.1, 0.15) is 17.2 Å². The van der Waals surface area contributed by atoms with Crippen LogP contribution < -0.4 is 10.1 Å². The monoisotopic (exact) mass is 305 g/mol. The van der Waals surface area contributed by atoms with Crippen LogP contribution >= 0.6 is 11.3 Å². The Kier molecular flexibility index (Phi) is 3.73. The van der Waals surface area contributed by atoms with E-state index in [2.05, 4.69) is 27.7 Å². The number of nitrogens with one attached hydrogen (secondary N) is 1. The smallest absolute Gasteiger partial charge is 0.237 e. The first-order chi connectivity index (χ1) is 10.1. The predicted octanol–water partition coefficient (Wildman–Crippen LogP) is 3.47.